The third-order valence-electron chi connectivity index (χ3n) is 4.40. The molecule has 1 amide bonds. The number of nitrogens with zero attached hydrogens (tertiary/aromatic N) is 2. The van der Waals surface area contributed by atoms with Gasteiger partial charge in [0.15, 0.2) is 12.2 Å². The summed E-state index contributed by atoms with van der Waals surface area (Å²) < 4.78 is 5.42. The van der Waals surface area contributed by atoms with Gasteiger partial charge in [0, 0.05) is 24.9 Å². The van der Waals surface area contributed by atoms with Gasteiger partial charge in [-0.25, -0.2) is 4.98 Å². The highest BCUT2D eigenvalue weighted by Crippen LogP contribution is 2.34. The normalized spacial score (nSPS) is 24.0. The first kappa shape index (κ1) is 14.1. The Morgan fingerprint density at radius 3 is 3.00 bits per heavy atom. The Balaban J connectivity index is 1.82. The molecule has 1 atom stereocenters. The summed E-state index contributed by atoms with van der Waals surface area (Å²) in [7, 11) is 1.78. The van der Waals surface area contributed by atoms with E-state index in [0.29, 0.717) is 18.8 Å². The Hall–Kier alpha value is -1.88. The molecule has 112 valence electrons. The van der Waals surface area contributed by atoms with Gasteiger partial charge in [0.2, 0.25) is 5.91 Å². The monoisotopic (exact) mass is 287 g/mol. The SMILES string of the molecule is CNC1C(=O)N(CC2=CC=CC2(C)C)CCc2ncoc21. The molecule has 1 aromatic heterocycles. The molecule has 2 heterocycles. The number of hydrogen-bond donors (Lipinski definition) is 1. The number of fused-ring (bicyclic) bond motifs is 1. The molecule has 1 aliphatic heterocycles. The molecular weight excluding hydrogens is 266 g/mol. The molecule has 0 radical (unpaired) electrons. The molecular formula is C16H21N3O2. The molecule has 0 spiro atoms. The average Bonchev–Trinajstić information content (AvgIpc) is 2.99. The Kier molecular flexibility index (Phi) is 3.45. The van der Waals surface area contributed by atoms with Crippen molar-refractivity contribution in [3.8, 4) is 0 Å². The summed E-state index contributed by atoms with van der Waals surface area (Å²) in [6.07, 6.45) is 8.51. The number of rotatable bonds is 3. The molecule has 5 heteroatoms. The predicted molar refractivity (Wildman–Crippen MR) is 79.6 cm³/mol. The van der Waals surface area contributed by atoms with Gasteiger partial charge < -0.3 is 14.6 Å². The third kappa shape index (κ3) is 2.42. The summed E-state index contributed by atoms with van der Waals surface area (Å²) in [5.74, 6) is 0.708. The fourth-order valence-corrected chi connectivity index (χ4v) is 2.95. The molecule has 2 aliphatic rings. The summed E-state index contributed by atoms with van der Waals surface area (Å²) in [5.41, 5.74) is 2.16. The lowest BCUT2D eigenvalue weighted by Gasteiger charge is -2.29. The summed E-state index contributed by atoms with van der Waals surface area (Å²) in [5, 5.41) is 3.05. The van der Waals surface area contributed by atoms with Crippen molar-refractivity contribution >= 4 is 5.91 Å². The highest BCUT2D eigenvalue weighted by Gasteiger charge is 2.35. The van der Waals surface area contributed by atoms with Gasteiger partial charge in [-0.05, 0) is 12.6 Å². The summed E-state index contributed by atoms with van der Waals surface area (Å²) in [6, 6.07) is -0.442. The van der Waals surface area contributed by atoms with Crippen molar-refractivity contribution in [3.05, 3.63) is 41.6 Å². The van der Waals surface area contributed by atoms with Crippen LogP contribution >= 0.6 is 0 Å². The minimum absolute atomic E-state index is 0.0204. The molecule has 0 fully saturated rings. The van der Waals surface area contributed by atoms with Crippen LogP contribution in [0.15, 0.2) is 34.6 Å². The smallest absolute Gasteiger partial charge is 0.247 e. The molecule has 3 rings (SSSR count). The third-order valence-corrected chi connectivity index (χ3v) is 4.40. The van der Waals surface area contributed by atoms with Gasteiger partial charge in [-0.2, -0.15) is 0 Å². The minimum Gasteiger partial charge on any atom is -0.446 e. The maximum Gasteiger partial charge on any atom is 0.247 e. The number of carbonyl (C=O) groups is 1. The number of amides is 1. The number of likely N-dealkylation sites (N-methyl/N-ethyl adjacent to an activating group) is 1. The van der Waals surface area contributed by atoms with Gasteiger partial charge in [-0.1, -0.05) is 32.1 Å². The second-order valence-corrected chi connectivity index (χ2v) is 6.17. The van der Waals surface area contributed by atoms with Crippen molar-refractivity contribution in [3.63, 3.8) is 0 Å². The van der Waals surface area contributed by atoms with Gasteiger partial charge in [0.25, 0.3) is 0 Å². The van der Waals surface area contributed by atoms with Crippen molar-refractivity contribution in [2.24, 2.45) is 5.41 Å². The van der Waals surface area contributed by atoms with Crippen LogP contribution in [0.25, 0.3) is 0 Å². The van der Waals surface area contributed by atoms with Crippen LogP contribution in [-0.2, 0) is 11.2 Å². The molecule has 0 aromatic carbocycles. The van der Waals surface area contributed by atoms with Crippen LogP contribution < -0.4 is 5.32 Å². The minimum atomic E-state index is -0.442. The number of oxazole rings is 1. The lowest BCUT2D eigenvalue weighted by atomic mass is 9.87. The Bertz CT molecular complexity index is 613. The number of allylic oxidation sites excluding steroid dienone is 3. The Labute approximate surface area is 124 Å². The van der Waals surface area contributed by atoms with E-state index >= 15 is 0 Å². The molecule has 0 saturated carbocycles. The van der Waals surface area contributed by atoms with Crippen molar-refractivity contribution in [2.45, 2.75) is 26.3 Å². The molecule has 21 heavy (non-hydrogen) atoms. The van der Waals surface area contributed by atoms with E-state index in [1.165, 1.54) is 12.0 Å². The first-order chi connectivity index (χ1) is 10.0. The zero-order valence-corrected chi connectivity index (χ0v) is 12.7. The van der Waals surface area contributed by atoms with Gasteiger partial charge in [0.05, 0.1) is 5.69 Å². The number of nitrogens with one attached hydrogen (secondary N) is 1. The van der Waals surface area contributed by atoms with Crippen molar-refractivity contribution in [1.82, 2.24) is 15.2 Å². The highest BCUT2D eigenvalue weighted by atomic mass is 16.3. The second-order valence-electron chi connectivity index (χ2n) is 6.17. The van der Waals surface area contributed by atoms with E-state index in [0.717, 1.165) is 12.1 Å². The van der Waals surface area contributed by atoms with Crippen molar-refractivity contribution in [2.75, 3.05) is 20.1 Å². The van der Waals surface area contributed by atoms with E-state index in [9.17, 15) is 4.79 Å². The maximum absolute atomic E-state index is 12.8. The second kappa shape index (κ2) is 5.15. The Morgan fingerprint density at radius 2 is 2.33 bits per heavy atom. The first-order valence-electron chi connectivity index (χ1n) is 7.30. The van der Waals surface area contributed by atoms with E-state index in [2.05, 4.69) is 42.4 Å². The van der Waals surface area contributed by atoms with Gasteiger partial charge in [-0.15, -0.1) is 0 Å². The summed E-state index contributed by atoms with van der Waals surface area (Å²) in [4.78, 5) is 18.9. The van der Waals surface area contributed by atoms with Gasteiger partial charge in [0.1, 0.15) is 6.04 Å². The molecule has 1 unspecified atom stereocenters. The molecule has 1 aliphatic carbocycles. The van der Waals surface area contributed by atoms with Crippen molar-refractivity contribution in [1.29, 1.82) is 0 Å². The Morgan fingerprint density at radius 1 is 1.52 bits per heavy atom. The van der Waals surface area contributed by atoms with Crippen LogP contribution in [0.3, 0.4) is 0 Å². The predicted octanol–water partition coefficient (Wildman–Crippen LogP) is 1.84. The number of hydrogen-bond acceptors (Lipinski definition) is 4. The zero-order valence-electron chi connectivity index (χ0n) is 12.7. The standard InChI is InChI=1S/C16H21N3O2/c1-16(2)7-4-5-11(16)9-19-8-6-12-14(21-10-18-12)13(17-3)15(19)20/h4-5,7,10,13,17H,6,8-9H2,1-3H3. The summed E-state index contributed by atoms with van der Waals surface area (Å²) in [6.45, 7) is 5.67. The van der Waals surface area contributed by atoms with Crippen LogP contribution in [-0.4, -0.2) is 35.9 Å². The van der Waals surface area contributed by atoms with E-state index in [4.69, 9.17) is 4.42 Å². The molecule has 0 bridgehead atoms. The van der Waals surface area contributed by atoms with Crippen LogP contribution in [0, 0.1) is 5.41 Å². The topological polar surface area (TPSA) is 58.4 Å². The average molecular weight is 287 g/mol. The lowest BCUT2D eigenvalue weighted by Crippen LogP contribution is -2.41. The quantitative estimate of drug-likeness (QED) is 0.921. The lowest BCUT2D eigenvalue weighted by molar-refractivity contribution is -0.133. The zero-order chi connectivity index (χ0) is 15.0. The number of aromatic nitrogens is 1. The fraction of sp³-hybridized carbons (Fsp3) is 0.500. The maximum atomic E-state index is 12.8. The van der Waals surface area contributed by atoms with E-state index in [1.807, 2.05) is 4.90 Å². The van der Waals surface area contributed by atoms with Crippen LogP contribution in [0.2, 0.25) is 0 Å². The first-order valence-corrected chi connectivity index (χ1v) is 7.30. The van der Waals surface area contributed by atoms with Crippen molar-refractivity contribution < 1.29 is 9.21 Å². The number of carbonyl (C=O) groups excluding carboxylic acids is 1. The van der Waals surface area contributed by atoms with Crippen LogP contribution in [0.1, 0.15) is 31.3 Å². The largest absolute Gasteiger partial charge is 0.446 e. The van der Waals surface area contributed by atoms with Crippen LogP contribution in [0.4, 0.5) is 0 Å². The van der Waals surface area contributed by atoms with E-state index in [-0.39, 0.29) is 11.3 Å². The van der Waals surface area contributed by atoms with E-state index in [1.54, 1.807) is 7.05 Å². The molecule has 5 nitrogen and oxygen atoms in total. The molecule has 0 saturated heterocycles. The van der Waals surface area contributed by atoms with Gasteiger partial charge in [-0.3, -0.25) is 4.79 Å². The van der Waals surface area contributed by atoms with Gasteiger partial charge >= 0.3 is 0 Å². The highest BCUT2D eigenvalue weighted by molar-refractivity contribution is 5.83. The molecule has 1 N–H and O–H groups in total. The van der Waals surface area contributed by atoms with Crippen LogP contribution in [0.5, 0.6) is 0 Å². The summed E-state index contributed by atoms with van der Waals surface area (Å²) >= 11 is 0. The van der Waals surface area contributed by atoms with E-state index < -0.39 is 6.04 Å². The fourth-order valence-electron chi connectivity index (χ4n) is 2.95. The molecule has 1 aromatic rings.